The van der Waals surface area contributed by atoms with Gasteiger partial charge in [-0.15, -0.1) is 0 Å². The van der Waals surface area contributed by atoms with E-state index in [1.807, 2.05) is 6.92 Å². The quantitative estimate of drug-likeness (QED) is 0.886. The lowest BCUT2D eigenvalue weighted by Gasteiger charge is -2.31. The van der Waals surface area contributed by atoms with Crippen molar-refractivity contribution < 1.29 is 17.9 Å². The highest BCUT2D eigenvalue weighted by molar-refractivity contribution is 7.89. The van der Waals surface area contributed by atoms with E-state index >= 15 is 0 Å². The smallest absolute Gasteiger partial charge is 0.241 e. The predicted octanol–water partition coefficient (Wildman–Crippen LogP) is 1.52. The molecule has 19 heavy (non-hydrogen) atoms. The first kappa shape index (κ1) is 14.4. The molecule has 0 saturated heterocycles. The van der Waals surface area contributed by atoms with Crippen LogP contribution >= 0.6 is 0 Å². The van der Waals surface area contributed by atoms with Gasteiger partial charge in [-0.3, -0.25) is 0 Å². The summed E-state index contributed by atoms with van der Waals surface area (Å²) in [6.45, 7) is 1.85. The second kappa shape index (κ2) is 5.56. The van der Waals surface area contributed by atoms with Gasteiger partial charge in [0.1, 0.15) is 6.17 Å². The minimum Gasteiger partial charge on any atom is -0.391 e. The fourth-order valence-electron chi connectivity index (χ4n) is 2.24. The van der Waals surface area contributed by atoms with Crippen molar-refractivity contribution in [3.05, 3.63) is 29.8 Å². The normalized spacial score (nSPS) is 28.3. The van der Waals surface area contributed by atoms with Gasteiger partial charge in [0.25, 0.3) is 0 Å². The third-order valence-corrected chi connectivity index (χ3v) is 4.88. The lowest BCUT2D eigenvalue weighted by atomic mass is 9.92. The second-order valence-corrected chi connectivity index (χ2v) is 6.69. The molecule has 0 bridgehead atoms. The van der Waals surface area contributed by atoms with Crippen LogP contribution in [0.3, 0.4) is 0 Å². The number of hydrogen-bond donors (Lipinski definition) is 2. The van der Waals surface area contributed by atoms with E-state index in [2.05, 4.69) is 4.72 Å². The largest absolute Gasteiger partial charge is 0.391 e. The molecule has 0 heterocycles. The molecule has 4 nitrogen and oxygen atoms in total. The molecule has 1 fully saturated rings. The predicted molar refractivity (Wildman–Crippen MR) is 70.0 cm³/mol. The summed E-state index contributed by atoms with van der Waals surface area (Å²) in [5.74, 6) is 0. The summed E-state index contributed by atoms with van der Waals surface area (Å²) in [4.78, 5) is 0.0862. The fourth-order valence-corrected chi connectivity index (χ4v) is 3.53. The van der Waals surface area contributed by atoms with Crippen molar-refractivity contribution in [2.75, 3.05) is 0 Å². The van der Waals surface area contributed by atoms with Crippen molar-refractivity contribution in [3.63, 3.8) is 0 Å². The van der Waals surface area contributed by atoms with Crippen molar-refractivity contribution in [2.24, 2.45) is 0 Å². The molecule has 6 heteroatoms. The van der Waals surface area contributed by atoms with E-state index in [0.29, 0.717) is 12.8 Å². The molecular weight excluding hydrogens is 269 g/mol. The highest BCUT2D eigenvalue weighted by Gasteiger charge is 2.35. The second-order valence-electron chi connectivity index (χ2n) is 4.97. The van der Waals surface area contributed by atoms with Gasteiger partial charge in [0.15, 0.2) is 0 Å². The van der Waals surface area contributed by atoms with Crippen LogP contribution in [0.25, 0.3) is 0 Å². The van der Waals surface area contributed by atoms with E-state index in [-0.39, 0.29) is 11.3 Å². The van der Waals surface area contributed by atoms with E-state index in [1.165, 1.54) is 12.1 Å². The molecule has 1 aliphatic carbocycles. The number of hydrogen-bond acceptors (Lipinski definition) is 3. The molecule has 3 atom stereocenters. The van der Waals surface area contributed by atoms with Crippen LogP contribution < -0.4 is 4.72 Å². The van der Waals surface area contributed by atoms with E-state index < -0.39 is 28.3 Å². The molecule has 0 aromatic heterocycles. The average molecular weight is 287 g/mol. The SMILES string of the molecule is Cc1ccc(S(=O)(=O)N[C@H]2[C@@H](O)CCC[C@@H]2F)cc1. The van der Waals surface area contributed by atoms with Crippen molar-refractivity contribution in [1.29, 1.82) is 0 Å². The summed E-state index contributed by atoms with van der Waals surface area (Å²) >= 11 is 0. The van der Waals surface area contributed by atoms with Gasteiger partial charge in [-0.05, 0) is 38.3 Å². The zero-order valence-corrected chi connectivity index (χ0v) is 11.5. The lowest BCUT2D eigenvalue weighted by molar-refractivity contribution is 0.0517. The molecule has 0 unspecified atom stereocenters. The number of alkyl halides is 1. The van der Waals surface area contributed by atoms with Gasteiger partial charge in [0, 0.05) is 0 Å². The Bertz CT molecular complexity index is 519. The maximum absolute atomic E-state index is 13.7. The first-order chi connectivity index (χ1) is 8.90. The maximum Gasteiger partial charge on any atom is 0.241 e. The van der Waals surface area contributed by atoms with E-state index in [9.17, 15) is 17.9 Å². The minimum absolute atomic E-state index is 0.0862. The number of nitrogens with one attached hydrogen (secondary N) is 1. The van der Waals surface area contributed by atoms with E-state index in [1.54, 1.807) is 12.1 Å². The number of benzene rings is 1. The summed E-state index contributed by atoms with van der Waals surface area (Å²) in [7, 11) is -3.79. The van der Waals surface area contributed by atoms with Crippen molar-refractivity contribution in [3.8, 4) is 0 Å². The standard InChI is InChI=1S/C13H18FNO3S/c1-9-5-7-10(8-6-9)19(17,18)15-13-11(14)3-2-4-12(13)16/h5-8,11-13,15-16H,2-4H2,1H3/t11-,12-,13+/m0/s1. The van der Waals surface area contributed by atoms with Crippen molar-refractivity contribution >= 4 is 10.0 Å². The van der Waals surface area contributed by atoms with Gasteiger partial charge < -0.3 is 5.11 Å². The fraction of sp³-hybridized carbons (Fsp3) is 0.538. The number of aryl methyl sites for hydroxylation is 1. The molecule has 0 aliphatic heterocycles. The first-order valence-electron chi connectivity index (χ1n) is 6.31. The molecule has 0 spiro atoms. The monoisotopic (exact) mass is 287 g/mol. The Balaban J connectivity index is 2.18. The van der Waals surface area contributed by atoms with Crippen molar-refractivity contribution in [2.45, 2.75) is 49.4 Å². The topological polar surface area (TPSA) is 66.4 Å². The third-order valence-electron chi connectivity index (χ3n) is 3.41. The summed E-state index contributed by atoms with van der Waals surface area (Å²) in [5.41, 5.74) is 0.944. The molecule has 0 amide bonds. The van der Waals surface area contributed by atoms with Crippen LogP contribution in [0.1, 0.15) is 24.8 Å². The minimum atomic E-state index is -3.79. The van der Waals surface area contributed by atoms with Gasteiger partial charge in [0.2, 0.25) is 10.0 Å². The molecule has 1 aromatic carbocycles. The van der Waals surface area contributed by atoms with Crippen LogP contribution in [0.15, 0.2) is 29.2 Å². The number of rotatable bonds is 3. The summed E-state index contributed by atoms with van der Waals surface area (Å²) in [5, 5.41) is 9.73. The van der Waals surface area contributed by atoms with Gasteiger partial charge in [-0.25, -0.2) is 17.5 Å². The van der Waals surface area contributed by atoms with Gasteiger partial charge >= 0.3 is 0 Å². The molecule has 1 aliphatic rings. The molecule has 1 saturated carbocycles. The average Bonchev–Trinajstić information content (AvgIpc) is 2.35. The van der Waals surface area contributed by atoms with Crippen LogP contribution in [0.2, 0.25) is 0 Å². The Hall–Kier alpha value is -0.980. The Kier molecular flexibility index (Phi) is 4.23. The number of aliphatic hydroxyl groups excluding tert-OH is 1. The highest BCUT2D eigenvalue weighted by atomic mass is 32.2. The van der Waals surface area contributed by atoms with Crippen LogP contribution in [-0.4, -0.2) is 31.8 Å². The van der Waals surface area contributed by atoms with Gasteiger partial charge in [-0.2, -0.15) is 0 Å². The highest BCUT2D eigenvalue weighted by Crippen LogP contribution is 2.23. The third kappa shape index (κ3) is 3.32. The molecule has 106 valence electrons. The maximum atomic E-state index is 13.7. The van der Waals surface area contributed by atoms with Crippen LogP contribution in [0.5, 0.6) is 0 Å². The van der Waals surface area contributed by atoms with Crippen LogP contribution in [-0.2, 0) is 10.0 Å². The summed E-state index contributed by atoms with van der Waals surface area (Å²) in [6.07, 6.45) is -1.04. The van der Waals surface area contributed by atoms with E-state index in [0.717, 1.165) is 5.56 Å². The van der Waals surface area contributed by atoms with Crippen molar-refractivity contribution in [1.82, 2.24) is 4.72 Å². The number of aliphatic hydroxyl groups is 1. The number of sulfonamides is 1. The zero-order valence-electron chi connectivity index (χ0n) is 10.7. The molecule has 1 aromatic rings. The Morgan fingerprint density at radius 1 is 1.26 bits per heavy atom. The van der Waals surface area contributed by atoms with Crippen LogP contribution in [0.4, 0.5) is 4.39 Å². The zero-order chi connectivity index (χ0) is 14.0. The molecule has 0 radical (unpaired) electrons. The van der Waals surface area contributed by atoms with Gasteiger partial charge in [-0.1, -0.05) is 17.7 Å². The molecule has 2 N–H and O–H groups in total. The van der Waals surface area contributed by atoms with Gasteiger partial charge in [0.05, 0.1) is 17.0 Å². The Morgan fingerprint density at radius 3 is 2.47 bits per heavy atom. The first-order valence-corrected chi connectivity index (χ1v) is 7.79. The molecular formula is C13H18FNO3S. The Morgan fingerprint density at radius 2 is 1.89 bits per heavy atom. The Labute approximate surface area is 112 Å². The van der Waals surface area contributed by atoms with E-state index in [4.69, 9.17) is 0 Å². The molecule has 2 rings (SSSR count). The summed E-state index contributed by atoms with van der Waals surface area (Å²) < 4.78 is 40.2. The lowest BCUT2D eigenvalue weighted by Crippen LogP contribution is -2.51. The number of halogens is 1. The summed E-state index contributed by atoms with van der Waals surface area (Å²) in [6, 6.07) is 5.25. The van der Waals surface area contributed by atoms with Crippen LogP contribution in [0, 0.1) is 6.92 Å².